The van der Waals surface area contributed by atoms with E-state index in [-0.39, 0.29) is 0 Å². The molecule has 5 nitrogen and oxygen atoms in total. The molecule has 3 heterocycles. The predicted octanol–water partition coefficient (Wildman–Crippen LogP) is 3.45. The Kier molecular flexibility index (Phi) is 3.25. The summed E-state index contributed by atoms with van der Waals surface area (Å²) in [5.74, 6) is 3.34. The lowest BCUT2D eigenvalue weighted by molar-refractivity contribution is -0.854. The molecule has 0 saturated carbocycles. The van der Waals surface area contributed by atoms with Gasteiger partial charge in [0.25, 0.3) is 0 Å². The van der Waals surface area contributed by atoms with Gasteiger partial charge in [-0.2, -0.15) is 0 Å². The van der Waals surface area contributed by atoms with Crippen LogP contribution in [-0.2, 0) is 13.0 Å². The second-order valence-electron chi connectivity index (χ2n) is 7.29. The van der Waals surface area contributed by atoms with E-state index in [4.69, 9.17) is 18.9 Å². The van der Waals surface area contributed by atoms with Gasteiger partial charge in [-0.3, -0.25) is 4.48 Å². The first-order valence-electron chi connectivity index (χ1n) is 8.86. The highest BCUT2D eigenvalue weighted by molar-refractivity contribution is 5.84. The van der Waals surface area contributed by atoms with E-state index < -0.39 is 0 Å². The lowest BCUT2D eigenvalue weighted by Gasteiger charge is -2.43. The molecule has 2 aromatic rings. The molecule has 0 saturated heterocycles. The third kappa shape index (κ3) is 2.07. The molecule has 0 spiro atoms. The van der Waals surface area contributed by atoms with Gasteiger partial charge in [-0.25, -0.2) is 0 Å². The van der Waals surface area contributed by atoms with Crippen molar-refractivity contribution in [1.29, 1.82) is 0 Å². The van der Waals surface area contributed by atoms with Crippen LogP contribution in [0.15, 0.2) is 24.3 Å². The van der Waals surface area contributed by atoms with Crippen molar-refractivity contribution in [1.82, 2.24) is 0 Å². The lowest BCUT2D eigenvalue weighted by Crippen LogP contribution is -2.47. The second-order valence-corrected chi connectivity index (χ2v) is 7.29. The highest BCUT2D eigenvalue weighted by Gasteiger charge is 2.40. The van der Waals surface area contributed by atoms with Crippen LogP contribution in [-0.4, -0.2) is 39.1 Å². The van der Waals surface area contributed by atoms with Crippen molar-refractivity contribution in [2.75, 3.05) is 34.6 Å². The molecule has 0 fully saturated rings. The van der Waals surface area contributed by atoms with E-state index in [0.717, 1.165) is 47.0 Å². The van der Waals surface area contributed by atoms with Crippen LogP contribution in [0.4, 0.5) is 0 Å². The Morgan fingerprint density at radius 1 is 1.04 bits per heavy atom. The van der Waals surface area contributed by atoms with Crippen molar-refractivity contribution in [3.05, 3.63) is 46.5 Å². The van der Waals surface area contributed by atoms with E-state index in [9.17, 15) is 0 Å². The number of likely N-dealkylation sites (N-methyl/N-ethyl adjacent to an activating group) is 1. The van der Waals surface area contributed by atoms with Gasteiger partial charge in [0.1, 0.15) is 12.2 Å². The van der Waals surface area contributed by atoms with Gasteiger partial charge in [0.15, 0.2) is 23.0 Å². The smallest absolute Gasteiger partial charge is 0.231 e. The van der Waals surface area contributed by atoms with Crippen LogP contribution >= 0.6 is 0 Å². The number of benzene rings is 2. The molecule has 2 aromatic carbocycles. The number of hydrogen-bond donors (Lipinski definition) is 0. The van der Waals surface area contributed by atoms with Crippen LogP contribution in [0, 0.1) is 0 Å². The summed E-state index contributed by atoms with van der Waals surface area (Å²) in [7, 11) is 5.69. The molecule has 0 bridgehead atoms. The number of methoxy groups -OCH3 is 2. The monoisotopic (exact) mass is 352 g/mol. The number of quaternary nitrogens is 1. The molecular weight excluding hydrogens is 330 g/mol. The van der Waals surface area contributed by atoms with Gasteiger partial charge in [-0.15, -0.1) is 0 Å². The third-order valence-corrected chi connectivity index (χ3v) is 5.81. The van der Waals surface area contributed by atoms with E-state index in [2.05, 4.69) is 31.3 Å². The summed E-state index contributed by atoms with van der Waals surface area (Å²) >= 11 is 0. The molecular formula is C21H22NO4+. The Labute approximate surface area is 152 Å². The summed E-state index contributed by atoms with van der Waals surface area (Å²) in [5, 5.41) is 0. The van der Waals surface area contributed by atoms with E-state index >= 15 is 0 Å². The van der Waals surface area contributed by atoms with Crippen molar-refractivity contribution in [2.45, 2.75) is 13.0 Å². The molecule has 0 amide bonds. The van der Waals surface area contributed by atoms with Crippen LogP contribution in [0.25, 0.3) is 11.8 Å². The molecule has 134 valence electrons. The maximum absolute atomic E-state index is 5.69. The van der Waals surface area contributed by atoms with Crippen LogP contribution in [0.2, 0.25) is 0 Å². The van der Waals surface area contributed by atoms with Gasteiger partial charge in [0, 0.05) is 18.1 Å². The summed E-state index contributed by atoms with van der Waals surface area (Å²) in [5.41, 5.74) is 6.33. The van der Waals surface area contributed by atoms with Gasteiger partial charge in [-0.05, 0) is 29.3 Å². The van der Waals surface area contributed by atoms with E-state index in [1.165, 1.54) is 28.0 Å². The first-order chi connectivity index (χ1) is 12.6. The fourth-order valence-electron chi connectivity index (χ4n) is 4.41. The summed E-state index contributed by atoms with van der Waals surface area (Å²) < 4.78 is 23.2. The van der Waals surface area contributed by atoms with E-state index in [1.54, 1.807) is 14.2 Å². The Bertz CT molecular complexity index is 950. The molecule has 3 aliphatic heterocycles. The van der Waals surface area contributed by atoms with Gasteiger partial charge in [0.05, 0.1) is 33.4 Å². The first-order valence-corrected chi connectivity index (χ1v) is 8.86. The average Bonchev–Trinajstić information content (AvgIpc) is 3.11. The highest BCUT2D eigenvalue weighted by Crippen LogP contribution is 2.48. The number of hydrogen-bond acceptors (Lipinski definition) is 4. The summed E-state index contributed by atoms with van der Waals surface area (Å²) in [6.07, 6.45) is 3.31. The van der Waals surface area contributed by atoms with Crippen LogP contribution in [0.1, 0.15) is 22.3 Å². The number of ether oxygens (including phenoxy) is 4. The number of rotatable bonds is 2. The second kappa shape index (κ2) is 5.42. The fraction of sp³-hybridized carbons (Fsp3) is 0.333. The third-order valence-electron chi connectivity index (χ3n) is 5.81. The highest BCUT2D eigenvalue weighted by atomic mass is 16.7. The zero-order valence-electron chi connectivity index (χ0n) is 15.3. The number of fused-ring (bicyclic) bond motifs is 5. The van der Waals surface area contributed by atoms with Crippen molar-refractivity contribution < 1.29 is 23.4 Å². The van der Waals surface area contributed by atoms with Gasteiger partial charge in [-0.1, -0.05) is 6.07 Å². The molecule has 26 heavy (non-hydrogen) atoms. The molecule has 1 atom stereocenters. The van der Waals surface area contributed by atoms with Crippen LogP contribution < -0.4 is 18.9 Å². The van der Waals surface area contributed by atoms with Gasteiger partial charge < -0.3 is 18.9 Å². The molecule has 5 rings (SSSR count). The first kappa shape index (κ1) is 15.6. The minimum absolute atomic E-state index is 0.309. The summed E-state index contributed by atoms with van der Waals surface area (Å²) in [6, 6.07) is 8.39. The zero-order valence-corrected chi connectivity index (χ0v) is 15.3. The van der Waals surface area contributed by atoms with Crippen molar-refractivity contribution in [2.24, 2.45) is 0 Å². The largest absolute Gasteiger partial charge is 0.493 e. The maximum atomic E-state index is 5.69. The van der Waals surface area contributed by atoms with Crippen molar-refractivity contribution in [3.8, 4) is 23.0 Å². The molecule has 0 aliphatic carbocycles. The SMILES string of the molecule is COc1ccc2c(c1OC)C[N+]1(C)CCc3cc4c(cc3C1=C2)OCO4. The van der Waals surface area contributed by atoms with Gasteiger partial charge >= 0.3 is 0 Å². The van der Waals surface area contributed by atoms with Crippen molar-refractivity contribution >= 4 is 11.8 Å². The standard InChI is InChI=1S/C21H22NO4/c1-22-7-6-14-9-19-20(26-12-25-19)10-15(14)17(22)8-13-4-5-18(23-2)21(24-3)16(13)11-22/h4-5,8-10H,6-7,11-12H2,1-3H3/q+1. The molecule has 0 aromatic heterocycles. The quantitative estimate of drug-likeness (QED) is 0.776. The Morgan fingerprint density at radius 2 is 1.85 bits per heavy atom. The van der Waals surface area contributed by atoms with Gasteiger partial charge in [0.2, 0.25) is 6.79 Å². The van der Waals surface area contributed by atoms with Crippen LogP contribution in [0.5, 0.6) is 23.0 Å². The Hall–Kier alpha value is -2.66. The molecule has 3 aliphatic rings. The number of nitrogens with zero attached hydrogens (tertiary/aromatic N) is 1. The lowest BCUT2D eigenvalue weighted by atomic mass is 9.88. The summed E-state index contributed by atoms with van der Waals surface area (Å²) in [6.45, 7) is 2.23. The van der Waals surface area contributed by atoms with E-state index in [0.29, 0.717) is 6.79 Å². The molecule has 0 radical (unpaired) electrons. The van der Waals surface area contributed by atoms with Crippen molar-refractivity contribution in [3.63, 3.8) is 0 Å². The molecule has 5 heteroatoms. The fourth-order valence-corrected chi connectivity index (χ4v) is 4.41. The Morgan fingerprint density at radius 3 is 2.62 bits per heavy atom. The Balaban J connectivity index is 1.71. The molecule has 1 unspecified atom stereocenters. The van der Waals surface area contributed by atoms with Crippen LogP contribution in [0.3, 0.4) is 0 Å². The zero-order chi connectivity index (χ0) is 17.9. The minimum Gasteiger partial charge on any atom is -0.493 e. The predicted molar refractivity (Wildman–Crippen MR) is 98.4 cm³/mol. The van der Waals surface area contributed by atoms with E-state index in [1.807, 2.05) is 6.07 Å². The minimum atomic E-state index is 0.309. The summed E-state index contributed by atoms with van der Waals surface area (Å²) in [4.78, 5) is 0. The normalized spacial score (nSPS) is 22.0. The molecule has 0 N–H and O–H groups in total. The average molecular weight is 352 g/mol. The maximum Gasteiger partial charge on any atom is 0.231 e. The topological polar surface area (TPSA) is 36.9 Å².